The zero-order valence-corrected chi connectivity index (χ0v) is 13.6. The quantitative estimate of drug-likeness (QED) is 0.579. The second-order valence-corrected chi connectivity index (χ2v) is 5.47. The summed E-state index contributed by atoms with van der Waals surface area (Å²) in [5.41, 5.74) is 1.03. The van der Waals surface area contributed by atoms with Crippen LogP contribution in [0.4, 0.5) is 20.3 Å². The van der Waals surface area contributed by atoms with Crippen molar-refractivity contribution in [3.8, 4) is 16.9 Å². The van der Waals surface area contributed by atoms with Crippen LogP contribution >= 0.6 is 0 Å². The van der Waals surface area contributed by atoms with Crippen LogP contribution < -0.4 is 10.1 Å². The van der Waals surface area contributed by atoms with Crippen LogP contribution in [0.1, 0.15) is 0 Å². The van der Waals surface area contributed by atoms with Crippen molar-refractivity contribution in [2.75, 3.05) is 12.4 Å². The second-order valence-electron chi connectivity index (χ2n) is 5.47. The van der Waals surface area contributed by atoms with Gasteiger partial charge in [0.15, 0.2) is 11.5 Å². The number of H-pyrrole nitrogens is 1. The molecule has 4 rings (SSSR count). The summed E-state index contributed by atoms with van der Waals surface area (Å²) in [7, 11) is 1.45. The molecule has 0 amide bonds. The Labute approximate surface area is 146 Å². The Kier molecular flexibility index (Phi) is 3.92. The number of methoxy groups -OCH3 is 1. The van der Waals surface area contributed by atoms with Gasteiger partial charge in [0.05, 0.1) is 35.5 Å². The summed E-state index contributed by atoms with van der Waals surface area (Å²) in [4.78, 5) is 0. The lowest BCUT2D eigenvalue weighted by Crippen LogP contribution is -2.00. The second kappa shape index (κ2) is 6.40. The van der Waals surface area contributed by atoms with Crippen molar-refractivity contribution in [1.82, 2.24) is 20.4 Å². The van der Waals surface area contributed by atoms with Crippen LogP contribution in [-0.4, -0.2) is 27.5 Å². The molecule has 8 heteroatoms. The highest BCUT2D eigenvalue weighted by atomic mass is 19.1. The standard InChI is InChI=1S/C18H13F2N5O/c1-26-14-7-3-6-13(16(14)15-11(19)4-2-5-12(15)20)22-17-10-8-9-21-23-18(10)25-24-17/h2-9H,1H3,(H2,22,23,24,25). The molecule has 0 saturated heterocycles. The normalized spacial score (nSPS) is 10.9. The lowest BCUT2D eigenvalue weighted by Gasteiger charge is -2.16. The van der Waals surface area contributed by atoms with Gasteiger partial charge in [0, 0.05) is 0 Å². The molecule has 2 heterocycles. The highest BCUT2D eigenvalue weighted by molar-refractivity contribution is 5.92. The zero-order chi connectivity index (χ0) is 18.1. The van der Waals surface area contributed by atoms with E-state index >= 15 is 0 Å². The van der Waals surface area contributed by atoms with E-state index in [0.29, 0.717) is 28.3 Å². The van der Waals surface area contributed by atoms with E-state index in [4.69, 9.17) is 4.74 Å². The summed E-state index contributed by atoms with van der Waals surface area (Å²) in [6, 6.07) is 10.5. The molecule has 2 aromatic heterocycles. The number of halogens is 2. The maximum absolute atomic E-state index is 14.4. The molecule has 2 aromatic carbocycles. The van der Waals surface area contributed by atoms with E-state index in [1.54, 1.807) is 24.3 Å². The molecular formula is C18H13F2N5O. The highest BCUT2D eigenvalue weighted by Crippen LogP contribution is 2.41. The molecule has 0 aliphatic rings. The molecule has 0 aliphatic carbocycles. The number of anilines is 2. The number of hydrogen-bond donors (Lipinski definition) is 2. The third kappa shape index (κ3) is 2.61. The number of nitrogens with one attached hydrogen (secondary N) is 2. The Hall–Kier alpha value is -3.55. The van der Waals surface area contributed by atoms with Gasteiger partial charge in [0.1, 0.15) is 17.4 Å². The zero-order valence-electron chi connectivity index (χ0n) is 13.6. The molecule has 0 saturated carbocycles. The van der Waals surface area contributed by atoms with Crippen molar-refractivity contribution < 1.29 is 13.5 Å². The average Bonchev–Trinajstić information content (AvgIpc) is 3.05. The summed E-state index contributed by atoms with van der Waals surface area (Å²) < 4.78 is 34.1. The smallest absolute Gasteiger partial charge is 0.180 e. The van der Waals surface area contributed by atoms with Crippen LogP contribution in [0.3, 0.4) is 0 Å². The maximum atomic E-state index is 14.4. The third-order valence-corrected chi connectivity index (χ3v) is 3.96. The predicted molar refractivity (Wildman–Crippen MR) is 93.3 cm³/mol. The van der Waals surface area contributed by atoms with E-state index in [0.717, 1.165) is 0 Å². The number of aromatic amines is 1. The number of aromatic nitrogens is 4. The van der Waals surface area contributed by atoms with Gasteiger partial charge in [-0.05, 0) is 30.3 Å². The van der Waals surface area contributed by atoms with Gasteiger partial charge in [-0.3, -0.25) is 5.10 Å². The first-order chi connectivity index (χ1) is 12.7. The third-order valence-electron chi connectivity index (χ3n) is 3.96. The Bertz CT molecular complexity index is 1080. The first-order valence-electron chi connectivity index (χ1n) is 7.73. The fourth-order valence-corrected chi connectivity index (χ4v) is 2.80. The molecule has 26 heavy (non-hydrogen) atoms. The van der Waals surface area contributed by atoms with Crippen molar-refractivity contribution in [2.45, 2.75) is 0 Å². The van der Waals surface area contributed by atoms with Gasteiger partial charge in [0.25, 0.3) is 0 Å². The van der Waals surface area contributed by atoms with Crippen molar-refractivity contribution in [3.63, 3.8) is 0 Å². The van der Waals surface area contributed by atoms with Gasteiger partial charge in [-0.1, -0.05) is 12.1 Å². The lowest BCUT2D eigenvalue weighted by atomic mass is 10.0. The molecule has 0 atom stereocenters. The minimum Gasteiger partial charge on any atom is -0.496 e. The minimum absolute atomic E-state index is 0.174. The van der Waals surface area contributed by atoms with Gasteiger partial charge < -0.3 is 10.1 Å². The molecule has 130 valence electrons. The van der Waals surface area contributed by atoms with E-state index in [-0.39, 0.29) is 11.1 Å². The van der Waals surface area contributed by atoms with Gasteiger partial charge in [0.2, 0.25) is 0 Å². The van der Waals surface area contributed by atoms with Crippen LogP contribution in [0.15, 0.2) is 48.7 Å². The number of benzene rings is 2. The molecule has 0 fully saturated rings. The SMILES string of the molecule is COc1cccc(Nc2n[nH]c3nnccc23)c1-c1c(F)cccc1F. The van der Waals surface area contributed by atoms with Crippen LogP contribution in [-0.2, 0) is 0 Å². The van der Waals surface area contributed by atoms with Gasteiger partial charge in [-0.15, -0.1) is 5.10 Å². The minimum atomic E-state index is -0.685. The molecule has 0 unspecified atom stereocenters. The van der Waals surface area contributed by atoms with Crippen molar-refractivity contribution in [1.29, 1.82) is 0 Å². The van der Waals surface area contributed by atoms with E-state index in [1.807, 2.05) is 0 Å². The summed E-state index contributed by atoms with van der Waals surface area (Å²) in [5, 5.41) is 18.4. The van der Waals surface area contributed by atoms with E-state index in [2.05, 4.69) is 25.7 Å². The van der Waals surface area contributed by atoms with E-state index in [1.165, 1.54) is 31.5 Å². The molecule has 4 aromatic rings. The molecule has 0 aliphatic heterocycles. The van der Waals surface area contributed by atoms with Gasteiger partial charge in [-0.25, -0.2) is 8.78 Å². The maximum Gasteiger partial charge on any atom is 0.180 e. The lowest BCUT2D eigenvalue weighted by molar-refractivity contribution is 0.416. The molecule has 0 bridgehead atoms. The topological polar surface area (TPSA) is 75.7 Å². The fraction of sp³-hybridized carbons (Fsp3) is 0.0556. The van der Waals surface area contributed by atoms with Gasteiger partial charge >= 0.3 is 0 Å². The Morgan fingerprint density at radius 1 is 1.00 bits per heavy atom. The first kappa shape index (κ1) is 15.9. The molecule has 2 N–H and O–H groups in total. The predicted octanol–water partition coefficient (Wildman–Crippen LogP) is 4.05. The monoisotopic (exact) mass is 353 g/mol. The van der Waals surface area contributed by atoms with Gasteiger partial charge in [-0.2, -0.15) is 10.2 Å². The van der Waals surface area contributed by atoms with Crippen molar-refractivity contribution in [2.24, 2.45) is 0 Å². The number of nitrogens with zero attached hydrogens (tertiary/aromatic N) is 3. The summed E-state index contributed by atoms with van der Waals surface area (Å²) in [6.45, 7) is 0. The van der Waals surface area contributed by atoms with E-state index < -0.39 is 11.6 Å². The molecule has 0 radical (unpaired) electrons. The molecule has 6 nitrogen and oxygen atoms in total. The number of ether oxygens (including phenoxy) is 1. The Balaban J connectivity index is 1.90. The van der Waals surface area contributed by atoms with Crippen LogP contribution in [0.2, 0.25) is 0 Å². The number of hydrogen-bond acceptors (Lipinski definition) is 5. The number of rotatable bonds is 4. The Morgan fingerprint density at radius 2 is 1.77 bits per heavy atom. The summed E-state index contributed by atoms with van der Waals surface area (Å²) in [6.07, 6.45) is 1.53. The first-order valence-corrected chi connectivity index (χ1v) is 7.73. The largest absolute Gasteiger partial charge is 0.496 e. The summed E-state index contributed by atoms with van der Waals surface area (Å²) >= 11 is 0. The highest BCUT2D eigenvalue weighted by Gasteiger charge is 2.20. The van der Waals surface area contributed by atoms with Crippen molar-refractivity contribution >= 4 is 22.5 Å². The van der Waals surface area contributed by atoms with E-state index in [9.17, 15) is 8.78 Å². The van der Waals surface area contributed by atoms with Crippen LogP contribution in [0, 0.1) is 11.6 Å². The fourth-order valence-electron chi connectivity index (χ4n) is 2.80. The molecule has 0 spiro atoms. The molecular weight excluding hydrogens is 340 g/mol. The summed E-state index contributed by atoms with van der Waals surface area (Å²) in [5.74, 6) is -0.578. The van der Waals surface area contributed by atoms with Crippen LogP contribution in [0.5, 0.6) is 5.75 Å². The number of fused-ring (bicyclic) bond motifs is 1. The Morgan fingerprint density at radius 3 is 2.54 bits per heavy atom. The van der Waals surface area contributed by atoms with Crippen LogP contribution in [0.25, 0.3) is 22.2 Å². The van der Waals surface area contributed by atoms with Crippen molar-refractivity contribution in [3.05, 3.63) is 60.3 Å². The average molecular weight is 353 g/mol.